The molecule has 76 valence electrons. The molecule has 0 unspecified atom stereocenters. The molecule has 1 rings (SSSR count). The van der Waals surface area contributed by atoms with E-state index in [1.54, 1.807) is 0 Å². The van der Waals surface area contributed by atoms with E-state index in [1.807, 2.05) is 0 Å². The molecule has 0 radical (unpaired) electrons. The monoisotopic (exact) mass is 216 g/mol. The highest BCUT2D eigenvalue weighted by molar-refractivity contribution is 6.99. The molecule has 0 aliphatic rings. The maximum absolute atomic E-state index is 11.2. The summed E-state index contributed by atoms with van der Waals surface area (Å²) < 4.78 is 7.43. The highest BCUT2D eigenvalue weighted by atomic mass is 32.1. The first kappa shape index (κ1) is 10.4. The van der Waals surface area contributed by atoms with Crippen molar-refractivity contribution in [2.75, 3.05) is 19.0 Å². The number of anilines is 1. The van der Waals surface area contributed by atoms with E-state index in [0.717, 1.165) is 16.6 Å². The predicted octanol–water partition coefficient (Wildman–Crippen LogP) is 0.0119. The number of carbonyl (C=O) groups is 2. The third-order valence-corrected chi connectivity index (χ3v) is 2.04. The highest BCUT2D eigenvalue weighted by Gasteiger charge is 2.21. The van der Waals surface area contributed by atoms with Crippen LogP contribution >= 0.6 is 11.7 Å². The van der Waals surface area contributed by atoms with Crippen LogP contribution in [-0.2, 0) is 0 Å². The second-order valence-corrected chi connectivity index (χ2v) is 2.89. The van der Waals surface area contributed by atoms with E-state index in [0.29, 0.717) is 0 Å². The molecule has 14 heavy (non-hydrogen) atoms. The average molecular weight is 216 g/mol. The van der Waals surface area contributed by atoms with Gasteiger partial charge in [0.05, 0.1) is 11.7 Å². The molecule has 1 heterocycles. The van der Waals surface area contributed by atoms with Crippen LogP contribution in [0.3, 0.4) is 0 Å². The molecule has 1 aromatic heterocycles. The Kier molecular flexibility index (Phi) is 2.97. The van der Waals surface area contributed by atoms with E-state index in [1.165, 1.54) is 14.1 Å². The molecule has 0 fully saturated rings. The Morgan fingerprint density at radius 3 is 2.64 bits per heavy atom. The summed E-state index contributed by atoms with van der Waals surface area (Å²) in [6, 6.07) is 0. The zero-order valence-corrected chi connectivity index (χ0v) is 8.33. The molecule has 0 atom stereocenters. The lowest BCUT2D eigenvalue weighted by atomic mass is 10.4. The van der Waals surface area contributed by atoms with Crippen LogP contribution in [0.5, 0.6) is 0 Å². The average Bonchev–Trinajstić information content (AvgIpc) is 2.63. The molecule has 7 nitrogen and oxygen atoms in total. The second-order valence-electron chi connectivity index (χ2n) is 2.36. The van der Waals surface area contributed by atoms with Crippen LogP contribution in [0.4, 0.5) is 10.6 Å². The van der Waals surface area contributed by atoms with Gasteiger partial charge in [0.25, 0.3) is 5.91 Å². The fraction of sp³-hybridized carbons (Fsp3) is 0.333. The van der Waals surface area contributed by atoms with Gasteiger partial charge in [0.2, 0.25) is 0 Å². The number of nitrogens with one attached hydrogen (secondary N) is 1. The van der Waals surface area contributed by atoms with E-state index in [4.69, 9.17) is 5.11 Å². The first-order chi connectivity index (χ1) is 6.57. The van der Waals surface area contributed by atoms with Gasteiger partial charge in [0, 0.05) is 14.1 Å². The molecule has 0 saturated heterocycles. The summed E-state index contributed by atoms with van der Waals surface area (Å²) in [5.74, 6) is -0.413. The topological polar surface area (TPSA) is 95.4 Å². The van der Waals surface area contributed by atoms with Crippen LogP contribution in [0.25, 0.3) is 0 Å². The van der Waals surface area contributed by atoms with Gasteiger partial charge >= 0.3 is 6.09 Å². The first-order valence-corrected chi connectivity index (χ1v) is 4.32. The van der Waals surface area contributed by atoms with Gasteiger partial charge in [-0.05, 0) is 0 Å². The van der Waals surface area contributed by atoms with E-state index in [2.05, 4.69) is 14.1 Å². The van der Waals surface area contributed by atoms with Crippen molar-refractivity contribution in [3.05, 3.63) is 5.69 Å². The minimum absolute atomic E-state index is 0.0161. The number of nitrogens with zero attached hydrogens (tertiary/aromatic N) is 3. The summed E-state index contributed by atoms with van der Waals surface area (Å²) in [5.41, 5.74) is 0.0161. The molecule has 2 N–H and O–H groups in total. The largest absolute Gasteiger partial charge is 0.465 e. The van der Waals surface area contributed by atoms with Gasteiger partial charge in [-0.3, -0.25) is 9.69 Å². The maximum Gasteiger partial charge on any atom is 0.412 e. The van der Waals surface area contributed by atoms with Crippen LogP contribution in [0, 0.1) is 0 Å². The van der Waals surface area contributed by atoms with Crippen LogP contribution in [0.15, 0.2) is 0 Å². The molecule has 0 aliphatic heterocycles. The van der Waals surface area contributed by atoms with Crippen LogP contribution in [0.2, 0.25) is 0 Å². The zero-order chi connectivity index (χ0) is 10.7. The molecule has 0 bridgehead atoms. The number of carboxylic acid groups (broad SMARTS) is 1. The Bertz CT molecular complexity index is 364. The molecule has 0 saturated carbocycles. The van der Waals surface area contributed by atoms with Gasteiger partial charge in [-0.15, -0.1) is 0 Å². The molecular weight excluding hydrogens is 208 g/mol. The van der Waals surface area contributed by atoms with Gasteiger partial charge < -0.3 is 10.4 Å². The SMILES string of the molecule is CNC(=O)c1nsnc1N(C)C(=O)O. The fourth-order valence-corrected chi connectivity index (χ4v) is 1.33. The summed E-state index contributed by atoms with van der Waals surface area (Å²) in [6.45, 7) is 0. The van der Waals surface area contributed by atoms with Crippen LogP contribution < -0.4 is 10.2 Å². The van der Waals surface area contributed by atoms with E-state index >= 15 is 0 Å². The van der Waals surface area contributed by atoms with E-state index < -0.39 is 12.0 Å². The van der Waals surface area contributed by atoms with Gasteiger partial charge in [0.15, 0.2) is 11.5 Å². The highest BCUT2D eigenvalue weighted by Crippen LogP contribution is 2.16. The van der Waals surface area contributed by atoms with Crippen molar-refractivity contribution in [3.8, 4) is 0 Å². The summed E-state index contributed by atoms with van der Waals surface area (Å²) in [5, 5.41) is 11.0. The number of rotatable bonds is 2. The lowest BCUT2D eigenvalue weighted by Crippen LogP contribution is -2.28. The van der Waals surface area contributed by atoms with Gasteiger partial charge in [-0.1, -0.05) is 0 Å². The Morgan fingerprint density at radius 1 is 1.50 bits per heavy atom. The number of hydrogen-bond donors (Lipinski definition) is 2. The molecule has 0 spiro atoms. The van der Waals surface area contributed by atoms with E-state index in [9.17, 15) is 9.59 Å². The van der Waals surface area contributed by atoms with Gasteiger partial charge in [-0.25, -0.2) is 4.79 Å². The predicted molar refractivity (Wildman–Crippen MR) is 49.7 cm³/mol. The standard InChI is InChI=1S/C6H8N4O3S/c1-7-5(11)3-4(9-14-8-3)10(2)6(12)13/h1-2H3,(H,7,11)(H,12,13). The van der Waals surface area contributed by atoms with Crippen molar-refractivity contribution in [3.63, 3.8) is 0 Å². The number of carbonyl (C=O) groups excluding carboxylic acids is 1. The quantitative estimate of drug-likeness (QED) is 0.726. The summed E-state index contributed by atoms with van der Waals surface area (Å²) in [7, 11) is 2.73. The molecule has 8 heteroatoms. The fourth-order valence-electron chi connectivity index (χ4n) is 0.756. The summed E-state index contributed by atoms with van der Waals surface area (Å²) >= 11 is 0.790. The molecular formula is C6H8N4O3S. The van der Waals surface area contributed by atoms with Crippen molar-refractivity contribution in [1.29, 1.82) is 0 Å². The van der Waals surface area contributed by atoms with Crippen molar-refractivity contribution < 1.29 is 14.7 Å². The Morgan fingerprint density at radius 2 is 2.14 bits per heavy atom. The van der Waals surface area contributed by atoms with Crippen molar-refractivity contribution >= 4 is 29.5 Å². The number of aromatic nitrogens is 2. The summed E-state index contributed by atoms with van der Waals surface area (Å²) in [6.07, 6.45) is -1.19. The molecule has 0 aromatic carbocycles. The van der Waals surface area contributed by atoms with Crippen LogP contribution in [-0.4, -0.2) is 39.9 Å². The van der Waals surface area contributed by atoms with Crippen LogP contribution in [0.1, 0.15) is 10.5 Å². The van der Waals surface area contributed by atoms with Crippen molar-refractivity contribution in [1.82, 2.24) is 14.1 Å². The minimum Gasteiger partial charge on any atom is -0.465 e. The second kappa shape index (κ2) is 4.01. The normalized spacial score (nSPS) is 9.57. The first-order valence-electron chi connectivity index (χ1n) is 3.59. The smallest absolute Gasteiger partial charge is 0.412 e. The Labute approximate surface area is 83.7 Å². The number of hydrogen-bond acceptors (Lipinski definition) is 5. The van der Waals surface area contributed by atoms with E-state index in [-0.39, 0.29) is 11.5 Å². The van der Waals surface area contributed by atoms with Crippen molar-refractivity contribution in [2.45, 2.75) is 0 Å². The Hall–Kier alpha value is -1.70. The van der Waals surface area contributed by atoms with Gasteiger partial charge in [-0.2, -0.15) is 8.75 Å². The number of amides is 2. The maximum atomic E-state index is 11.2. The lowest BCUT2D eigenvalue weighted by Gasteiger charge is -2.09. The summed E-state index contributed by atoms with van der Waals surface area (Å²) in [4.78, 5) is 22.6. The molecule has 2 amide bonds. The molecule has 0 aliphatic carbocycles. The zero-order valence-electron chi connectivity index (χ0n) is 7.51. The third-order valence-electron chi connectivity index (χ3n) is 1.52. The van der Waals surface area contributed by atoms with Crippen molar-refractivity contribution in [2.24, 2.45) is 0 Å². The Balaban J connectivity index is 3.04. The minimum atomic E-state index is -1.19. The van der Waals surface area contributed by atoms with Gasteiger partial charge in [0.1, 0.15) is 0 Å². The third kappa shape index (κ3) is 1.79. The lowest BCUT2D eigenvalue weighted by molar-refractivity contribution is 0.0960. The molecule has 1 aromatic rings.